The van der Waals surface area contributed by atoms with Gasteiger partial charge < -0.3 is 29.9 Å². The van der Waals surface area contributed by atoms with Gasteiger partial charge in [0.1, 0.15) is 0 Å². The summed E-state index contributed by atoms with van der Waals surface area (Å²) in [7, 11) is 3.87. The van der Waals surface area contributed by atoms with E-state index >= 15 is 0 Å². The first-order valence-corrected chi connectivity index (χ1v) is 15.5. The highest BCUT2D eigenvalue weighted by Crippen LogP contribution is 2.29. The third-order valence-corrected chi connectivity index (χ3v) is 8.78. The van der Waals surface area contributed by atoms with Crippen molar-refractivity contribution in [3.05, 3.63) is 94.4 Å². The zero-order valence-electron chi connectivity index (χ0n) is 25.8. The van der Waals surface area contributed by atoms with Crippen LogP contribution in [0.3, 0.4) is 0 Å². The quantitative estimate of drug-likeness (QED) is 0.294. The van der Waals surface area contributed by atoms with E-state index < -0.39 is 0 Å². The molecule has 0 atom stereocenters. The van der Waals surface area contributed by atoms with Crippen molar-refractivity contribution in [2.75, 3.05) is 66.7 Å². The summed E-state index contributed by atoms with van der Waals surface area (Å²) in [5.41, 5.74) is 6.59. The molecule has 0 aliphatic carbocycles. The molecule has 2 N–H and O–H groups in total. The van der Waals surface area contributed by atoms with Gasteiger partial charge in [0.15, 0.2) is 5.82 Å². The molecule has 44 heavy (non-hydrogen) atoms. The second kappa shape index (κ2) is 12.9. The Kier molecular flexibility index (Phi) is 8.65. The van der Waals surface area contributed by atoms with E-state index in [4.69, 9.17) is 4.98 Å². The number of carbonyl (C=O) groups excluding carboxylic acids is 1. The highest BCUT2D eigenvalue weighted by molar-refractivity contribution is 6.05. The fraction of sp³-hybridized carbons (Fsp3) is 0.343. The van der Waals surface area contributed by atoms with E-state index in [-0.39, 0.29) is 17.3 Å². The van der Waals surface area contributed by atoms with E-state index in [1.807, 2.05) is 61.5 Å². The molecule has 0 unspecified atom stereocenters. The Morgan fingerprint density at radius 2 is 1.41 bits per heavy atom. The number of rotatable bonds is 7. The number of nitrogens with one attached hydrogen (secondary N) is 2. The predicted octanol–water partition coefficient (Wildman–Crippen LogP) is 5.49. The van der Waals surface area contributed by atoms with Crippen LogP contribution >= 0.6 is 0 Å². The zero-order valence-corrected chi connectivity index (χ0v) is 25.8. The smallest absolute Gasteiger partial charge is 0.293 e. The molecule has 2 aliphatic rings. The van der Waals surface area contributed by atoms with E-state index in [1.54, 1.807) is 13.2 Å². The molecule has 0 saturated carbocycles. The largest absolute Gasteiger partial charge is 0.372 e. The van der Waals surface area contributed by atoms with Crippen LogP contribution in [0.5, 0.6) is 0 Å². The zero-order chi connectivity index (χ0) is 30.6. The number of aromatic nitrogens is 2. The Balaban J connectivity index is 1.18. The molecule has 2 aliphatic heterocycles. The number of likely N-dealkylation sites (N-methyl/N-ethyl adjacent to an activating group) is 1. The van der Waals surface area contributed by atoms with Crippen LogP contribution in [0, 0.1) is 6.92 Å². The minimum atomic E-state index is -0.216. The highest BCUT2D eigenvalue weighted by atomic mass is 16.1. The van der Waals surface area contributed by atoms with Gasteiger partial charge in [-0.25, -0.2) is 4.98 Å². The average Bonchev–Trinajstić information content (AvgIpc) is 3.05. The molecular weight excluding hydrogens is 550 g/mol. The molecule has 2 saturated heterocycles. The molecule has 6 rings (SSSR count). The monoisotopic (exact) mass is 591 g/mol. The van der Waals surface area contributed by atoms with Gasteiger partial charge in [-0.05, 0) is 93.4 Å². The Morgan fingerprint density at radius 1 is 0.773 bits per heavy atom. The topological polar surface area (TPSA) is 85.7 Å². The molecular formula is C35H41N7O2. The van der Waals surface area contributed by atoms with Gasteiger partial charge in [0.2, 0.25) is 0 Å². The first kappa shape index (κ1) is 29.4. The van der Waals surface area contributed by atoms with Gasteiger partial charge >= 0.3 is 0 Å². The minimum Gasteiger partial charge on any atom is -0.372 e. The summed E-state index contributed by atoms with van der Waals surface area (Å²) in [5, 5.41) is 6.31. The Labute approximate surface area is 259 Å². The van der Waals surface area contributed by atoms with Gasteiger partial charge in [0, 0.05) is 86.4 Å². The number of hydrogen-bond donors (Lipinski definition) is 2. The third-order valence-electron chi connectivity index (χ3n) is 8.78. The molecule has 1 aromatic heterocycles. The van der Waals surface area contributed by atoms with Crippen molar-refractivity contribution in [2.45, 2.75) is 26.2 Å². The maximum Gasteiger partial charge on any atom is 0.293 e. The highest BCUT2D eigenvalue weighted by Gasteiger charge is 2.17. The van der Waals surface area contributed by atoms with Crippen LogP contribution in [0.1, 0.15) is 35.2 Å². The van der Waals surface area contributed by atoms with Crippen molar-refractivity contribution in [3.8, 4) is 11.3 Å². The lowest BCUT2D eigenvalue weighted by Gasteiger charge is -2.34. The van der Waals surface area contributed by atoms with Gasteiger partial charge in [0.25, 0.3) is 11.5 Å². The molecule has 228 valence electrons. The lowest BCUT2D eigenvalue weighted by Crippen LogP contribution is -2.44. The number of amides is 1. The second-order valence-corrected chi connectivity index (χ2v) is 11.9. The van der Waals surface area contributed by atoms with Crippen LogP contribution in [0.4, 0.5) is 28.6 Å². The van der Waals surface area contributed by atoms with E-state index in [0.29, 0.717) is 16.9 Å². The van der Waals surface area contributed by atoms with Gasteiger partial charge in [-0.2, -0.15) is 0 Å². The van der Waals surface area contributed by atoms with Gasteiger partial charge in [-0.15, -0.1) is 0 Å². The van der Waals surface area contributed by atoms with Gasteiger partial charge in [0.05, 0.1) is 5.69 Å². The molecule has 9 nitrogen and oxygen atoms in total. The van der Waals surface area contributed by atoms with Gasteiger partial charge in [-0.1, -0.05) is 12.1 Å². The van der Waals surface area contributed by atoms with E-state index in [1.165, 1.54) is 29.5 Å². The molecule has 1 amide bonds. The van der Waals surface area contributed by atoms with Crippen molar-refractivity contribution in [2.24, 2.45) is 7.05 Å². The van der Waals surface area contributed by atoms with Crippen LogP contribution in [0.25, 0.3) is 11.3 Å². The SMILES string of the molecule is Cc1c(NC(=O)c2ccc(N3CCCCC3)cc2)cccc1-c1cn(C)c(=O)c(Nc2ccc(N3CCN(C)CC3)cc2)n1. The summed E-state index contributed by atoms with van der Waals surface area (Å²) in [6.45, 7) is 8.18. The minimum absolute atomic E-state index is 0.161. The van der Waals surface area contributed by atoms with Crippen molar-refractivity contribution < 1.29 is 4.79 Å². The summed E-state index contributed by atoms with van der Waals surface area (Å²) < 4.78 is 1.54. The molecule has 0 bridgehead atoms. The molecule has 3 aromatic carbocycles. The normalized spacial score (nSPS) is 15.7. The summed E-state index contributed by atoms with van der Waals surface area (Å²) in [6, 6.07) is 21.7. The van der Waals surface area contributed by atoms with Crippen LogP contribution in [-0.2, 0) is 7.05 Å². The number of hydrogen-bond acceptors (Lipinski definition) is 7. The Bertz CT molecular complexity index is 1670. The molecule has 0 spiro atoms. The standard InChI is InChI=1S/C35H41N7O2/c1-25-30(8-7-9-31(25)38-34(43)26-10-14-28(15-11-26)41-18-5-4-6-19-41)32-24-40(3)35(44)33(37-32)36-27-12-16-29(17-13-27)42-22-20-39(2)21-23-42/h7-17,24H,4-6,18-23H2,1-3H3,(H,36,37)(H,38,43). The number of carbonyl (C=O) groups is 1. The van der Waals surface area contributed by atoms with Crippen molar-refractivity contribution >= 4 is 34.5 Å². The lowest BCUT2D eigenvalue weighted by molar-refractivity contribution is 0.102. The molecule has 0 radical (unpaired) electrons. The molecule has 2 fully saturated rings. The van der Waals surface area contributed by atoms with Gasteiger partial charge in [-0.3, -0.25) is 9.59 Å². The Hall–Kier alpha value is -4.63. The second-order valence-electron chi connectivity index (χ2n) is 11.9. The van der Waals surface area contributed by atoms with Crippen LogP contribution < -0.4 is 26.0 Å². The van der Waals surface area contributed by atoms with Crippen molar-refractivity contribution in [1.29, 1.82) is 0 Å². The summed E-state index contributed by atoms with van der Waals surface area (Å²) in [5.74, 6) is 0.0891. The van der Waals surface area contributed by atoms with E-state index in [2.05, 4.69) is 44.5 Å². The van der Waals surface area contributed by atoms with Crippen LogP contribution in [0.2, 0.25) is 0 Å². The molecule has 4 aromatic rings. The maximum absolute atomic E-state index is 13.2. The van der Waals surface area contributed by atoms with E-state index in [0.717, 1.165) is 61.8 Å². The molecule has 3 heterocycles. The number of anilines is 5. The fourth-order valence-electron chi connectivity index (χ4n) is 5.99. The predicted molar refractivity (Wildman–Crippen MR) is 180 cm³/mol. The van der Waals surface area contributed by atoms with Crippen LogP contribution in [0.15, 0.2) is 77.7 Å². The van der Waals surface area contributed by atoms with Crippen molar-refractivity contribution in [3.63, 3.8) is 0 Å². The number of piperazine rings is 1. The number of benzene rings is 3. The first-order chi connectivity index (χ1) is 21.4. The first-order valence-electron chi connectivity index (χ1n) is 15.5. The summed E-state index contributed by atoms with van der Waals surface area (Å²) in [6.07, 6.45) is 5.44. The maximum atomic E-state index is 13.2. The lowest BCUT2D eigenvalue weighted by atomic mass is 10.0. The summed E-state index contributed by atoms with van der Waals surface area (Å²) >= 11 is 0. The molecule has 9 heteroatoms. The third kappa shape index (κ3) is 6.48. The number of aryl methyl sites for hydroxylation is 1. The summed E-state index contributed by atoms with van der Waals surface area (Å²) in [4.78, 5) is 38.1. The fourth-order valence-corrected chi connectivity index (χ4v) is 5.99. The number of piperidine rings is 1. The van der Waals surface area contributed by atoms with Crippen molar-refractivity contribution in [1.82, 2.24) is 14.5 Å². The van der Waals surface area contributed by atoms with Crippen LogP contribution in [-0.4, -0.2) is 66.7 Å². The Morgan fingerprint density at radius 3 is 2.09 bits per heavy atom. The average molecular weight is 592 g/mol. The van der Waals surface area contributed by atoms with E-state index in [9.17, 15) is 9.59 Å². The number of nitrogens with zero attached hydrogens (tertiary/aromatic N) is 5.